The molecule has 0 aromatic heterocycles. The molecule has 84 valence electrons. The standard InChI is InChI=1S/C11H9FINO2/c1-6-4-10(15)14(11(6)16)9-3-2-7(12)5-8(9)13/h2-3,5-6H,4H2,1H3. The van der Waals surface area contributed by atoms with Crippen LogP contribution < -0.4 is 4.90 Å². The van der Waals surface area contributed by atoms with Gasteiger partial charge in [0.1, 0.15) is 5.82 Å². The zero-order valence-corrected chi connectivity index (χ0v) is 10.7. The van der Waals surface area contributed by atoms with Crippen LogP contribution in [0.4, 0.5) is 10.1 Å². The van der Waals surface area contributed by atoms with Crippen molar-refractivity contribution >= 4 is 40.1 Å². The second-order valence-electron chi connectivity index (χ2n) is 3.77. The topological polar surface area (TPSA) is 37.4 Å². The van der Waals surface area contributed by atoms with E-state index in [4.69, 9.17) is 0 Å². The molecule has 1 aliphatic rings. The molecule has 1 saturated heterocycles. The van der Waals surface area contributed by atoms with Crippen LogP contribution in [0.25, 0.3) is 0 Å². The summed E-state index contributed by atoms with van der Waals surface area (Å²) in [7, 11) is 0. The normalized spacial score (nSPS) is 20.7. The molecular formula is C11H9FINO2. The lowest BCUT2D eigenvalue weighted by molar-refractivity contribution is -0.122. The first-order valence-corrected chi connectivity index (χ1v) is 5.90. The van der Waals surface area contributed by atoms with Crippen LogP contribution in [0.1, 0.15) is 13.3 Å². The van der Waals surface area contributed by atoms with Crippen LogP contribution in [0, 0.1) is 15.3 Å². The molecule has 0 spiro atoms. The van der Waals surface area contributed by atoms with Gasteiger partial charge in [0.05, 0.1) is 5.69 Å². The van der Waals surface area contributed by atoms with E-state index >= 15 is 0 Å². The van der Waals surface area contributed by atoms with E-state index in [0.29, 0.717) is 9.26 Å². The summed E-state index contributed by atoms with van der Waals surface area (Å²) in [5.74, 6) is -1.09. The van der Waals surface area contributed by atoms with Gasteiger partial charge in [-0.05, 0) is 40.8 Å². The van der Waals surface area contributed by atoms with Crippen LogP contribution in [0.15, 0.2) is 18.2 Å². The fraction of sp³-hybridized carbons (Fsp3) is 0.273. The van der Waals surface area contributed by atoms with Gasteiger partial charge < -0.3 is 0 Å². The van der Waals surface area contributed by atoms with Gasteiger partial charge in [-0.1, -0.05) is 6.92 Å². The Bertz CT molecular complexity index is 475. The summed E-state index contributed by atoms with van der Waals surface area (Å²) in [6.07, 6.45) is 0.228. The molecular weight excluding hydrogens is 324 g/mol. The van der Waals surface area contributed by atoms with Crippen molar-refractivity contribution in [1.82, 2.24) is 0 Å². The molecule has 2 amide bonds. The minimum absolute atomic E-state index is 0.213. The molecule has 1 aromatic carbocycles. The van der Waals surface area contributed by atoms with Gasteiger partial charge >= 0.3 is 0 Å². The van der Waals surface area contributed by atoms with Gasteiger partial charge in [0, 0.05) is 15.9 Å². The van der Waals surface area contributed by atoms with Crippen LogP contribution in [-0.4, -0.2) is 11.8 Å². The van der Waals surface area contributed by atoms with Crippen LogP contribution in [-0.2, 0) is 9.59 Å². The minimum atomic E-state index is -0.375. The molecule has 0 saturated carbocycles. The Morgan fingerprint density at radius 1 is 1.44 bits per heavy atom. The van der Waals surface area contributed by atoms with E-state index in [1.54, 1.807) is 6.92 Å². The third-order valence-corrected chi connectivity index (χ3v) is 3.39. The zero-order valence-electron chi connectivity index (χ0n) is 8.54. The number of carbonyl (C=O) groups is 2. The molecule has 0 N–H and O–H groups in total. The van der Waals surface area contributed by atoms with Crippen molar-refractivity contribution in [2.75, 3.05) is 4.90 Å². The third-order valence-electron chi connectivity index (χ3n) is 2.52. The first-order valence-electron chi connectivity index (χ1n) is 4.82. The van der Waals surface area contributed by atoms with E-state index in [-0.39, 0.29) is 30.0 Å². The van der Waals surface area contributed by atoms with Crippen molar-refractivity contribution in [3.8, 4) is 0 Å². The molecule has 0 radical (unpaired) electrons. The van der Waals surface area contributed by atoms with Gasteiger partial charge in [-0.15, -0.1) is 0 Å². The van der Waals surface area contributed by atoms with Crippen molar-refractivity contribution < 1.29 is 14.0 Å². The van der Waals surface area contributed by atoms with E-state index in [1.807, 2.05) is 22.6 Å². The summed E-state index contributed by atoms with van der Waals surface area (Å²) in [4.78, 5) is 24.5. The average Bonchev–Trinajstić information content (AvgIpc) is 2.43. The first-order chi connectivity index (χ1) is 7.50. The Kier molecular flexibility index (Phi) is 2.96. The van der Waals surface area contributed by atoms with E-state index in [2.05, 4.69) is 0 Å². The number of imide groups is 1. The number of amides is 2. The zero-order chi connectivity index (χ0) is 11.9. The molecule has 1 fully saturated rings. The Morgan fingerprint density at radius 3 is 2.62 bits per heavy atom. The Hall–Kier alpha value is -0.980. The quantitative estimate of drug-likeness (QED) is 0.584. The van der Waals surface area contributed by atoms with E-state index in [9.17, 15) is 14.0 Å². The monoisotopic (exact) mass is 333 g/mol. The largest absolute Gasteiger partial charge is 0.274 e. The molecule has 16 heavy (non-hydrogen) atoms. The third kappa shape index (κ3) is 1.83. The molecule has 1 unspecified atom stereocenters. The van der Waals surface area contributed by atoms with E-state index in [1.165, 1.54) is 18.2 Å². The van der Waals surface area contributed by atoms with Gasteiger partial charge in [-0.3, -0.25) is 9.59 Å². The predicted octanol–water partition coefficient (Wildman–Crippen LogP) is 2.33. The number of hydrogen-bond donors (Lipinski definition) is 0. The Balaban J connectivity index is 2.45. The highest BCUT2D eigenvalue weighted by molar-refractivity contribution is 14.1. The predicted molar refractivity (Wildman–Crippen MR) is 65.4 cm³/mol. The van der Waals surface area contributed by atoms with Gasteiger partial charge in [0.2, 0.25) is 11.8 Å². The minimum Gasteiger partial charge on any atom is -0.274 e. The van der Waals surface area contributed by atoms with E-state index < -0.39 is 0 Å². The molecule has 1 aliphatic heterocycles. The van der Waals surface area contributed by atoms with Gasteiger partial charge in [0.15, 0.2) is 0 Å². The number of rotatable bonds is 1. The van der Waals surface area contributed by atoms with Gasteiger partial charge in [-0.2, -0.15) is 0 Å². The fourth-order valence-corrected chi connectivity index (χ4v) is 2.42. The second kappa shape index (κ2) is 4.12. The number of nitrogens with zero attached hydrogens (tertiary/aromatic N) is 1. The number of hydrogen-bond acceptors (Lipinski definition) is 2. The highest BCUT2D eigenvalue weighted by Crippen LogP contribution is 2.30. The Morgan fingerprint density at radius 2 is 2.12 bits per heavy atom. The molecule has 3 nitrogen and oxygen atoms in total. The molecule has 1 atom stereocenters. The lowest BCUT2D eigenvalue weighted by Crippen LogP contribution is -2.30. The van der Waals surface area contributed by atoms with Crippen molar-refractivity contribution in [2.45, 2.75) is 13.3 Å². The smallest absolute Gasteiger partial charge is 0.237 e. The van der Waals surface area contributed by atoms with Crippen molar-refractivity contribution in [1.29, 1.82) is 0 Å². The maximum atomic E-state index is 12.9. The second-order valence-corrected chi connectivity index (χ2v) is 4.93. The number of benzene rings is 1. The van der Waals surface area contributed by atoms with Crippen LogP contribution in [0.5, 0.6) is 0 Å². The molecule has 1 heterocycles. The molecule has 1 aromatic rings. The summed E-state index contributed by atoms with van der Waals surface area (Å²) in [5.41, 5.74) is 0.473. The van der Waals surface area contributed by atoms with Gasteiger partial charge in [0.25, 0.3) is 0 Å². The maximum Gasteiger partial charge on any atom is 0.237 e. The van der Waals surface area contributed by atoms with Crippen molar-refractivity contribution in [2.24, 2.45) is 5.92 Å². The van der Waals surface area contributed by atoms with Crippen LogP contribution in [0.3, 0.4) is 0 Å². The van der Waals surface area contributed by atoms with Crippen LogP contribution >= 0.6 is 22.6 Å². The average molecular weight is 333 g/mol. The van der Waals surface area contributed by atoms with Gasteiger partial charge in [-0.25, -0.2) is 9.29 Å². The highest BCUT2D eigenvalue weighted by atomic mass is 127. The highest BCUT2D eigenvalue weighted by Gasteiger charge is 2.37. The summed E-state index contributed by atoms with van der Waals surface area (Å²) in [6.45, 7) is 1.72. The number of anilines is 1. The number of carbonyl (C=O) groups excluding carboxylic acids is 2. The molecule has 0 aliphatic carbocycles. The van der Waals surface area contributed by atoms with Crippen molar-refractivity contribution in [3.63, 3.8) is 0 Å². The number of halogens is 2. The molecule has 0 bridgehead atoms. The maximum absolute atomic E-state index is 12.9. The lowest BCUT2D eigenvalue weighted by atomic mass is 10.1. The molecule has 2 rings (SSSR count). The Labute approximate surface area is 106 Å². The summed E-state index contributed by atoms with van der Waals surface area (Å²) in [6, 6.07) is 4.02. The van der Waals surface area contributed by atoms with E-state index in [0.717, 1.165) is 4.90 Å². The lowest BCUT2D eigenvalue weighted by Gasteiger charge is -2.16. The summed E-state index contributed by atoms with van der Waals surface area (Å²) < 4.78 is 13.5. The summed E-state index contributed by atoms with van der Waals surface area (Å²) >= 11 is 1.92. The molecule has 5 heteroatoms. The van der Waals surface area contributed by atoms with Crippen molar-refractivity contribution in [3.05, 3.63) is 27.6 Å². The van der Waals surface area contributed by atoms with Crippen LogP contribution in [0.2, 0.25) is 0 Å². The SMILES string of the molecule is CC1CC(=O)N(c2ccc(F)cc2I)C1=O. The first kappa shape index (κ1) is 11.5. The summed E-state index contributed by atoms with van der Waals surface area (Å²) in [5, 5.41) is 0. The fourth-order valence-electron chi connectivity index (χ4n) is 1.70.